The van der Waals surface area contributed by atoms with Crippen molar-refractivity contribution in [1.82, 2.24) is 5.32 Å². The van der Waals surface area contributed by atoms with Gasteiger partial charge in [-0.05, 0) is 18.4 Å². The van der Waals surface area contributed by atoms with E-state index in [4.69, 9.17) is 5.11 Å². The number of carbonyl (C=O) groups is 2. The highest BCUT2D eigenvalue weighted by molar-refractivity contribution is 5.89. The third-order valence-electron chi connectivity index (χ3n) is 4.56. The van der Waals surface area contributed by atoms with Gasteiger partial charge in [-0.3, -0.25) is 9.59 Å². The molecule has 1 fully saturated rings. The molecule has 4 heteroatoms. The molecular weight excluding hydrogens is 266 g/mol. The van der Waals surface area contributed by atoms with Gasteiger partial charge in [-0.1, -0.05) is 51.1 Å². The maximum absolute atomic E-state index is 12.2. The van der Waals surface area contributed by atoms with Crippen LogP contribution in [0, 0.1) is 11.8 Å². The number of hydrogen-bond acceptors (Lipinski definition) is 2. The Labute approximate surface area is 125 Å². The summed E-state index contributed by atoms with van der Waals surface area (Å²) in [5.74, 6) is -1.85. The van der Waals surface area contributed by atoms with E-state index in [-0.39, 0.29) is 23.3 Å². The molecule has 1 aliphatic rings. The average molecular weight is 289 g/mol. The second-order valence-electron chi connectivity index (χ2n) is 6.34. The Hall–Kier alpha value is -1.84. The number of carboxylic acid groups (broad SMARTS) is 1. The summed E-state index contributed by atoms with van der Waals surface area (Å²) in [7, 11) is 0. The minimum atomic E-state index is -0.870. The maximum Gasteiger partial charge on any atom is 0.307 e. The Morgan fingerprint density at radius 1 is 1.29 bits per heavy atom. The lowest BCUT2D eigenvalue weighted by Crippen LogP contribution is -2.47. The number of benzene rings is 1. The average Bonchev–Trinajstić information content (AvgIpc) is 3.26. The largest absolute Gasteiger partial charge is 0.481 e. The van der Waals surface area contributed by atoms with Crippen molar-refractivity contribution in [2.24, 2.45) is 11.8 Å². The van der Waals surface area contributed by atoms with Crippen LogP contribution < -0.4 is 5.32 Å². The van der Waals surface area contributed by atoms with E-state index in [0.29, 0.717) is 6.42 Å². The van der Waals surface area contributed by atoms with Crippen LogP contribution in [0.1, 0.15) is 39.2 Å². The van der Waals surface area contributed by atoms with E-state index >= 15 is 0 Å². The molecule has 0 bridgehead atoms. The molecule has 0 spiro atoms. The highest BCUT2D eigenvalue weighted by Crippen LogP contribution is 2.39. The lowest BCUT2D eigenvalue weighted by Gasteiger charge is -2.35. The molecule has 0 radical (unpaired) electrons. The van der Waals surface area contributed by atoms with Crippen molar-refractivity contribution in [3.05, 3.63) is 35.9 Å². The first-order chi connectivity index (χ1) is 9.87. The fraction of sp³-hybridized carbons (Fsp3) is 0.529. The van der Waals surface area contributed by atoms with Gasteiger partial charge in [-0.2, -0.15) is 0 Å². The van der Waals surface area contributed by atoms with E-state index in [1.165, 1.54) is 5.56 Å². The van der Waals surface area contributed by atoms with Gasteiger partial charge in [0, 0.05) is 11.5 Å². The fourth-order valence-electron chi connectivity index (χ4n) is 2.90. The van der Waals surface area contributed by atoms with Crippen LogP contribution >= 0.6 is 0 Å². The molecule has 1 amide bonds. The molecule has 1 saturated carbocycles. The summed E-state index contributed by atoms with van der Waals surface area (Å²) in [5, 5.41) is 12.0. The highest BCUT2D eigenvalue weighted by atomic mass is 16.4. The molecule has 2 N–H and O–H groups in total. The number of carbonyl (C=O) groups excluding carboxylic acids is 1. The molecule has 1 aliphatic carbocycles. The smallest absolute Gasteiger partial charge is 0.307 e. The van der Waals surface area contributed by atoms with Crippen molar-refractivity contribution in [2.75, 3.05) is 0 Å². The lowest BCUT2D eigenvalue weighted by atomic mass is 9.76. The first-order valence-electron chi connectivity index (χ1n) is 7.46. The second kappa shape index (κ2) is 5.88. The van der Waals surface area contributed by atoms with Gasteiger partial charge in [0.25, 0.3) is 0 Å². The van der Waals surface area contributed by atoms with Crippen LogP contribution in [0.15, 0.2) is 30.3 Å². The van der Waals surface area contributed by atoms with Gasteiger partial charge in [-0.15, -0.1) is 0 Å². The van der Waals surface area contributed by atoms with Crippen LogP contribution in [0.2, 0.25) is 0 Å². The van der Waals surface area contributed by atoms with Gasteiger partial charge >= 0.3 is 5.97 Å². The third kappa shape index (κ3) is 3.26. The fourth-order valence-corrected chi connectivity index (χ4v) is 2.90. The van der Waals surface area contributed by atoms with Crippen molar-refractivity contribution in [3.63, 3.8) is 0 Å². The maximum atomic E-state index is 12.2. The number of aliphatic carboxylic acids is 1. The Morgan fingerprint density at radius 2 is 1.90 bits per heavy atom. The number of rotatable bonds is 6. The van der Waals surface area contributed by atoms with E-state index in [9.17, 15) is 9.59 Å². The summed E-state index contributed by atoms with van der Waals surface area (Å²) in [6.45, 7) is 6.26. The summed E-state index contributed by atoms with van der Waals surface area (Å²) in [6, 6.07) is 10.1. The summed E-state index contributed by atoms with van der Waals surface area (Å²) >= 11 is 0. The summed E-state index contributed by atoms with van der Waals surface area (Å²) in [4.78, 5) is 23.1. The zero-order valence-corrected chi connectivity index (χ0v) is 12.8. The van der Waals surface area contributed by atoms with Gasteiger partial charge in [0.05, 0.1) is 11.8 Å². The normalized spacial score (nSPS) is 22.4. The first-order valence-corrected chi connectivity index (χ1v) is 7.46. The third-order valence-corrected chi connectivity index (χ3v) is 4.56. The van der Waals surface area contributed by atoms with Gasteiger partial charge in [0.1, 0.15) is 0 Å². The van der Waals surface area contributed by atoms with Crippen LogP contribution in [0.3, 0.4) is 0 Å². The summed E-state index contributed by atoms with van der Waals surface area (Å²) < 4.78 is 0. The van der Waals surface area contributed by atoms with Gasteiger partial charge in [-0.25, -0.2) is 0 Å². The summed E-state index contributed by atoms with van der Waals surface area (Å²) in [5.41, 5.74) is 0.974. The molecule has 21 heavy (non-hydrogen) atoms. The minimum Gasteiger partial charge on any atom is -0.481 e. The number of hydrogen-bond donors (Lipinski definition) is 2. The SMILES string of the molecule is CCC(NC(=O)C1CC1C(=O)O)C(C)(C)c1ccccc1. The van der Waals surface area contributed by atoms with Gasteiger partial charge in [0.2, 0.25) is 5.91 Å². The van der Waals surface area contributed by atoms with Gasteiger partial charge < -0.3 is 10.4 Å². The van der Waals surface area contributed by atoms with Crippen LogP contribution in [-0.2, 0) is 15.0 Å². The van der Waals surface area contributed by atoms with E-state index in [1.807, 2.05) is 25.1 Å². The lowest BCUT2D eigenvalue weighted by molar-refractivity contribution is -0.140. The molecule has 114 valence electrons. The summed E-state index contributed by atoms with van der Waals surface area (Å²) in [6.07, 6.45) is 1.27. The molecule has 0 aromatic heterocycles. The Kier molecular flexibility index (Phi) is 4.35. The van der Waals surface area contributed by atoms with Gasteiger partial charge in [0.15, 0.2) is 0 Å². The van der Waals surface area contributed by atoms with Crippen molar-refractivity contribution < 1.29 is 14.7 Å². The Morgan fingerprint density at radius 3 is 2.38 bits per heavy atom. The molecule has 1 aromatic rings. The van der Waals surface area contributed by atoms with Crippen LogP contribution in [0.25, 0.3) is 0 Å². The molecule has 2 rings (SSSR count). The van der Waals surface area contributed by atoms with E-state index in [2.05, 4.69) is 31.3 Å². The molecule has 3 unspecified atom stereocenters. The standard InChI is InChI=1S/C17H23NO3/c1-4-14(17(2,3)11-8-6-5-7-9-11)18-15(19)12-10-13(12)16(20)21/h5-9,12-14H,4,10H2,1-3H3,(H,18,19)(H,20,21). The van der Waals surface area contributed by atoms with Crippen molar-refractivity contribution in [2.45, 2.75) is 45.1 Å². The molecule has 1 aromatic carbocycles. The van der Waals surface area contributed by atoms with E-state index in [0.717, 1.165) is 6.42 Å². The highest BCUT2D eigenvalue weighted by Gasteiger charge is 2.49. The monoisotopic (exact) mass is 289 g/mol. The van der Waals surface area contributed by atoms with Crippen molar-refractivity contribution in [3.8, 4) is 0 Å². The van der Waals surface area contributed by atoms with Crippen LogP contribution in [-0.4, -0.2) is 23.0 Å². The molecular formula is C17H23NO3. The Balaban J connectivity index is 2.06. The Bertz CT molecular complexity index is 524. The molecule has 0 heterocycles. The van der Waals surface area contributed by atoms with Crippen LogP contribution in [0.4, 0.5) is 0 Å². The second-order valence-corrected chi connectivity index (χ2v) is 6.34. The minimum absolute atomic E-state index is 0.0116. The molecule has 0 saturated heterocycles. The number of amides is 1. The first kappa shape index (κ1) is 15.5. The predicted octanol–water partition coefficient (Wildman–Crippen LogP) is 2.58. The zero-order chi connectivity index (χ0) is 15.6. The number of carboxylic acids is 1. The molecule has 0 aliphatic heterocycles. The van der Waals surface area contributed by atoms with Crippen LogP contribution in [0.5, 0.6) is 0 Å². The quantitative estimate of drug-likeness (QED) is 0.846. The van der Waals surface area contributed by atoms with E-state index < -0.39 is 11.9 Å². The zero-order valence-electron chi connectivity index (χ0n) is 12.8. The number of nitrogens with one attached hydrogen (secondary N) is 1. The van der Waals surface area contributed by atoms with Crippen molar-refractivity contribution in [1.29, 1.82) is 0 Å². The van der Waals surface area contributed by atoms with E-state index in [1.54, 1.807) is 0 Å². The topological polar surface area (TPSA) is 66.4 Å². The van der Waals surface area contributed by atoms with Crippen molar-refractivity contribution >= 4 is 11.9 Å². The predicted molar refractivity (Wildman–Crippen MR) is 80.9 cm³/mol. The molecule has 4 nitrogen and oxygen atoms in total. The molecule has 3 atom stereocenters.